The first-order valence-corrected chi connectivity index (χ1v) is 3.65. The monoisotopic (exact) mass is 151 g/mol. The number of nitrogens with zero attached hydrogens (tertiary/aromatic N) is 1. The van der Waals surface area contributed by atoms with Crippen molar-refractivity contribution in [3.8, 4) is 0 Å². The second-order valence-corrected chi connectivity index (χ2v) is 2.21. The third-order valence-electron chi connectivity index (χ3n) is 0.917. The summed E-state index contributed by atoms with van der Waals surface area (Å²) in [4.78, 5) is 0. The second-order valence-electron chi connectivity index (χ2n) is 1.57. The third kappa shape index (κ3) is 4.11. The molecule has 0 aliphatic rings. The number of aliphatic hydroxyl groups is 1. The molecule has 0 bridgehead atoms. The average Bonchev–Trinajstić information content (AvgIpc) is 1.82. The molecule has 0 fully saturated rings. The van der Waals surface area contributed by atoms with Crippen LogP contribution < -0.4 is 0 Å². The second kappa shape index (κ2) is 4.46. The standard InChI is InChI=1S/C4H9NO3S/c1-2-4(3-6)5-9(7)8/h4,6H,2-3H2,1H3. The van der Waals surface area contributed by atoms with Crippen molar-refractivity contribution in [3.05, 3.63) is 0 Å². The molecule has 0 saturated heterocycles. The molecule has 1 unspecified atom stereocenters. The van der Waals surface area contributed by atoms with Gasteiger partial charge in [-0.1, -0.05) is 6.92 Å². The summed E-state index contributed by atoms with van der Waals surface area (Å²) in [6.45, 7) is 1.56. The molecule has 0 spiro atoms. The van der Waals surface area contributed by atoms with Crippen LogP contribution in [-0.4, -0.2) is 26.2 Å². The lowest BCUT2D eigenvalue weighted by Gasteiger charge is -1.98. The molecule has 0 saturated carbocycles. The van der Waals surface area contributed by atoms with Gasteiger partial charge in [0.05, 0.1) is 12.6 Å². The van der Waals surface area contributed by atoms with E-state index in [1.54, 1.807) is 6.92 Å². The summed E-state index contributed by atoms with van der Waals surface area (Å²) >= 11 is 0. The van der Waals surface area contributed by atoms with E-state index in [-0.39, 0.29) is 6.61 Å². The summed E-state index contributed by atoms with van der Waals surface area (Å²) in [5.41, 5.74) is 0. The van der Waals surface area contributed by atoms with Crippen molar-refractivity contribution in [3.63, 3.8) is 0 Å². The molecule has 5 heteroatoms. The molecular weight excluding hydrogens is 142 g/mol. The fourth-order valence-corrected chi connectivity index (χ4v) is 0.818. The van der Waals surface area contributed by atoms with Crippen LogP contribution in [0.1, 0.15) is 13.3 Å². The van der Waals surface area contributed by atoms with Crippen molar-refractivity contribution < 1.29 is 13.5 Å². The van der Waals surface area contributed by atoms with Crippen LogP contribution in [0.5, 0.6) is 0 Å². The quantitative estimate of drug-likeness (QED) is 0.608. The smallest absolute Gasteiger partial charge is 0.311 e. The lowest BCUT2D eigenvalue weighted by Crippen LogP contribution is -2.07. The van der Waals surface area contributed by atoms with Crippen molar-refractivity contribution in [2.75, 3.05) is 6.61 Å². The zero-order valence-electron chi connectivity index (χ0n) is 5.11. The normalized spacial score (nSPS) is 12.7. The van der Waals surface area contributed by atoms with E-state index in [4.69, 9.17) is 5.11 Å². The van der Waals surface area contributed by atoms with Crippen LogP contribution in [0, 0.1) is 0 Å². The molecule has 0 aromatic heterocycles. The fraction of sp³-hybridized carbons (Fsp3) is 1.00. The van der Waals surface area contributed by atoms with E-state index < -0.39 is 16.5 Å². The van der Waals surface area contributed by atoms with Gasteiger partial charge in [0.2, 0.25) is 0 Å². The van der Waals surface area contributed by atoms with Gasteiger partial charge in [-0.3, -0.25) is 0 Å². The van der Waals surface area contributed by atoms with Gasteiger partial charge in [-0.05, 0) is 6.42 Å². The summed E-state index contributed by atoms with van der Waals surface area (Å²) in [5.74, 6) is 0. The van der Waals surface area contributed by atoms with E-state index in [1.807, 2.05) is 0 Å². The summed E-state index contributed by atoms with van der Waals surface area (Å²) in [5, 5.41) is 8.41. The van der Waals surface area contributed by atoms with Gasteiger partial charge in [-0.15, -0.1) is 0 Å². The molecule has 0 aliphatic carbocycles. The predicted molar refractivity (Wildman–Crippen MR) is 32.5 cm³/mol. The van der Waals surface area contributed by atoms with Gasteiger partial charge in [0.15, 0.2) is 0 Å². The van der Waals surface area contributed by atoms with Gasteiger partial charge < -0.3 is 5.11 Å². The molecule has 1 atom stereocenters. The number of hydrogen-bond acceptors (Lipinski definition) is 4. The van der Waals surface area contributed by atoms with Crippen LogP contribution in [0.2, 0.25) is 0 Å². The average molecular weight is 151 g/mol. The van der Waals surface area contributed by atoms with Crippen molar-refractivity contribution in [1.29, 1.82) is 0 Å². The summed E-state index contributed by atoms with van der Waals surface area (Å²) in [6, 6.07) is -0.455. The van der Waals surface area contributed by atoms with Crippen LogP contribution in [0.15, 0.2) is 4.36 Å². The highest BCUT2D eigenvalue weighted by molar-refractivity contribution is 7.61. The Balaban J connectivity index is 3.99. The van der Waals surface area contributed by atoms with Crippen molar-refractivity contribution >= 4 is 10.5 Å². The molecule has 0 aromatic carbocycles. The molecule has 0 radical (unpaired) electrons. The van der Waals surface area contributed by atoms with Gasteiger partial charge in [0.25, 0.3) is 0 Å². The molecule has 0 rings (SSSR count). The van der Waals surface area contributed by atoms with Crippen LogP contribution in [0.3, 0.4) is 0 Å². The van der Waals surface area contributed by atoms with Gasteiger partial charge in [-0.2, -0.15) is 12.8 Å². The highest BCUT2D eigenvalue weighted by Crippen LogP contribution is 1.93. The Bertz CT molecular complexity index is 172. The lowest BCUT2D eigenvalue weighted by molar-refractivity contribution is 0.265. The summed E-state index contributed by atoms with van der Waals surface area (Å²) in [7, 11) is -2.38. The van der Waals surface area contributed by atoms with E-state index in [1.165, 1.54) is 0 Å². The molecule has 0 amide bonds. The zero-order valence-corrected chi connectivity index (χ0v) is 5.93. The first kappa shape index (κ1) is 8.58. The highest BCUT2D eigenvalue weighted by atomic mass is 32.2. The minimum Gasteiger partial charge on any atom is -0.394 e. The Morgan fingerprint density at radius 2 is 2.22 bits per heavy atom. The van der Waals surface area contributed by atoms with Gasteiger partial charge in [0.1, 0.15) is 0 Å². The van der Waals surface area contributed by atoms with Crippen molar-refractivity contribution in [1.82, 2.24) is 0 Å². The molecule has 1 N–H and O–H groups in total. The molecular formula is C4H9NO3S. The minimum atomic E-state index is -2.38. The van der Waals surface area contributed by atoms with Gasteiger partial charge in [0, 0.05) is 0 Å². The Morgan fingerprint density at radius 3 is 2.33 bits per heavy atom. The maximum Gasteiger partial charge on any atom is 0.311 e. The minimum absolute atomic E-state index is 0.204. The molecule has 0 aromatic rings. The van der Waals surface area contributed by atoms with E-state index >= 15 is 0 Å². The van der Waals surface area contributed by atoms with Crippen molar-refractivity contribution in [2.24, 2.45) is 4.36 Å². The predicted octanol–water partition coefficient (Wildman–Crippen LogP) is -0.180. The molecule has 0 heterocycles. The van der Waals surface area contributed by atoms with Crippen LogP contribution in [-0.2, 0) is 10.5 Å². The van der Waals surface area contributed by atoms with E-state index in [0.29, 0.717) is 6.42 Å². The van der Waals surface area contributed by atoms with Gasteiger partial charge >= 0.3 is 10.5 Å². The van der Waals surface area contributed by atoms with Crippen molar-refractivity contribution in [2.45, 2.75) is 19.4 Å². The lowest BCUT2D eigenvalue weighted by atomic mass is 10.3. The Morgan fingerprint density at radius 1 is 1.67 bits per heavy atom. The zero-order chi connectivity index (χ0) is 7.28. The van der Waals surface area contributed by atoms with Crippen LogP contribution >= 0.6 is 0 Å². The SMILES string of the molecule is CCC(CO)N=S(=O)=O. The largest absolute Gasteiger partial charge is 0.394 e. The number of hydrogen-bond donors (Lipinski definition) is 1. The molecule has 0 aliphatic heterocycles. The number of aliphatic hydroxyl groups excluding tert-OH is 1. The molecule has 54 valence electrons. The fourth-order valence-electron chi connectivity index (χ4n) is 0.359. The first-order valence-electron chi connectivity index (χ1n) is 2.61. The van der Waals surface area contributed by atoms with E-state index in [2.05, 4.69) is 4.36 Å². The van der Waals surface area contributed by atoms with Gasteiger partial charge in [-0.25, -0.2) is 0 Å². The van der Waals surface area contributed by atoms with E-state index in [0.717, 1.165) is 0 Å². The Kier molecular flexibility index (Phi) is 4.25. The number of rotatable bonds is 3. The maximum atomic E-state index is 9.85. The summed E-state index contributed by atoms with van der Waals surface area (Å²) < 4.78 is 22.9. The Hall–Kier alpha value is -0.420. The topological polar surface area (TPSA) is 66.7 Å². The Labute approximate surface area is 55.2 Å². The van der Waals surface area contributed by atoms with E-state index in [9.17, 15) is 8.42 Å². The maximum absolute atomic E-state index is 9.85. The summed E-state index contributed by atoms with van der Waals surface area (Å²) in [6.07, 6.45) is 0.546. The van der Waals surface area contributed by atoms with Crippen LogP contribution in [0.4, 0.5) is 0 Å². The molecule has 4 nitrogen and oxygen atoms in total. The first-order chi connectivity index (χ1) is 4.20. The molecule has 9 heavy (non-hydrogen) atoms. The highest BCUT2D eigenvalue weighted by Gasteiger charge is 1.99. The third-order valence-corrected chi connectivity index (χ3v) is 1.39. The van der Waals surface area contributed by atoms with Crippen LogP contribution in [0.25, 0.3) is 0 Å².